The van der Waals surface area contributed by atoms with Crippen molar-refractivity contribution in [1.29, 1.82) is 0 Å². The van der Waals surface area contributed by atoms with Crippen LogP contribution in [0.25, 0.3) is 0 Å². The monoisotopic (exact) mass is 257 g/mol. The fraction of sp³-hybridized carbons (Fsp3) is 0.929. The van der Waals surface area contributed by atoms with Crippen LogP contribution < -0.4 is 5.73 Å². The lowest BCUT2D eigenvalue weighted by molar-refractivity contribution is -0.150. The number of carbonyl (C=O) groups is 1. The third kappa shape index (κ3) is 4.58. The maximum atomic E-state index is 11.6. The molecule has 0 spiro atoms. The number of hydrogen-bond acceptors (Lipinski definition) is 4. The van der Waals surface area contributed by atoms with Crippen LogP contribution in [0.15, 0.2) is 0 Å². The lowest BCUT2D eigenvalue weighted by atomic mass is 9.81. The lowest BCUT2D eigenvalue weighted by Gasteiger charge is -2.35. The minimum absolute atomic E-state index is 0.115. The molecule has 0 heterocycles. The first-order valence-electron chi connectivity index (χ1n) is 7.11. The average molecular weight is 257 g/mol. The van der Waals surface area contributed by atoms with Gasteiger partial charge in [-0.1, -0.05) is 26.2 Å². The van der Waals surface area contributed by atoms with E-state index in [0.717, 1.165) is 25.9 Å². The molecule has 4 heteroatoms. The highest BCUT2D eigenvalue weighted by molar-refractivity contribution is 5.80. The Morgan fingerprint density at radius 3 is 2.83 bits per heavy atom. The van der Waals surface area contributed by atoms with Gasteiger partial charge >= 0.3 is 5.97 Å². The molecule has 0 radical (unpaired) electrons. The Bertz CT molecular complexity index is 257. The Kier molecular flexibility index (Phi) is 6.65. The van der Waals surface area contributed by atoms with Crippen molar-refractivity contribution in [3.63, 3.8) is 0 Å². The minimum atomic E-state index is -0.832. The van der Waals surface area contributed by atoms with Crippen LogP contribution >= 0.6 is 0 Å². The van der Waals surface area contributed by atoms with E-state index in [4.69, 9.17) is 15.2 Å². The summed E-state index contributed by atoms with van der Waals surface area (Å²) in [6, 6.07) is 0. The molecule has 1 aliphatic carbocycles. The molecule has 1 fully saturated rings. The quantitative estimate of drug-likeness (QED) is 0.562. The number of nitrogens with two attached hydrogens (primary N) is 1. The summed E-state index contributed by atoms with van der Waals surface area (Å²) in [7, 11) is 1.40. The Hall–Kier alpha value is -0.610. The number of methoxy groups -OCH3 is 1. The van der Waals surface area contributed by atoms with Gasteiger partial charge in [0.1, 0.15) is 5.54 Å². The van der Waals surface area contributed by atoms with Gasteiger partial charge in [-0.3, -0.25) is 4.79 Å². The van der Waals surface area contributed by atoms with E-state index in [9.17, 15) is 4.79 Å². The van der Waals surface area contributed by atoms with Gasteiger partial charge in [-0.2, -0.15) is 0 Å². The predicted molar refractivity (Wildman–Crippen MR) is 71.3 cm³/mol. The summed E-state index contributed by atoms with van der Waals surface area (Å²) in [6.07, 6.45) is 8.16. The van der Waals surface area contributed by atoms with Crippen LogP contribution in [0.2, 0.25) is 0 Å². The van der Waals surface area contributed by atoms with Gasteiger partial charge in [0, 0.05) is 13.0 Å². The van der Waals surface area contributed by atoms with Crippen molar-refractivity contribution in [1.82, 2.24) is 0 Å². The van der Waals surface area contributed by atoms with Crippen molar-refractivity contribution in [2.75, 3.05) is 13.7 Å². The van der Waals surface area contributed by atoms with Gasteiger partial charge in [-0.05, 0) is 25.7 Å². The summed E-state index contributed by atoms with van der Waals surface area (Å²) in [5.74, 6) is -0.304. The van der Waals surface area contributed by atoms with Crippen molar-refractivity contribution in [2.45, 2.75) is 69.9 Å². The second-order valence-electron chi connectivity index (χ2n) is 5.30. The number of hydrogen-bond donors (Lipinski definition) is 1. The summed E-state index contributed by atoms with van der Waals surface area (Å²) in [4.78, 5) is 11.6. The molecule has 1 saturated carbocycles. The van der Waals surface area contributed by atoms with Crippen molar-refractivity contribution in [2.24, 2.45) is 5.73 Å². The summed E-state index contributed by atoms with van der Waals surface area (Å²) < 4.78 is 10.6. The zero-order valence-electron chi connectivity index (χ0n) is 11.7. The maximum Gasteiger partial charge on any atom is 0.325 e. The molecule has 2 N–H and O–H groups in total. The molecule has 2 atom stereocenters. The zero-order valence-corrected chi connectivity index (χ0v) is 11.7. The van der Waals surface area contributed by atoms with E-state index in [2.05, 4.69) is 6.92 Å². The van der Waals surface area contributed by atoms with E-state index >= 15 is 0 Å². The van der Waals surface area contributed by atoms with Crippen LogP contribution in [0, 0.1) is 0 Å². The predicted octanol–water partition coefficient (Wildman–Crippen LogP) is 2.40. The van der Waals surface area contributed by atoms with E-state index in [1.165, 1.54) is 26.4 Å². The second-order valence-corrected chi connectivity index (χ2v) is 5.30. The molecule has 1 rings (SSSR count). The second kappa shape index (κ2) is 7.74. The molecule has 106 valence electrons. The standard InChI is InChI=1S/C14H27NO3/c1-3-4-5-6-10-18-12-8-7-9-14(15,11-12)13(16)17-2/h12H,3-11,15H2,1-2H3. The molecule has 0 bridgehead atoms. The molecule has 0 aromatic rings. The average Bonchev–Trinajstić information content (AvgIpc) is 2.37. The molecule has 2 unspecified atom stereocenters. The van der Waals surface area contributed by atoms with E-state index in [-0.39, 0.29) is 12.1 Å². The fourth-order valence-electron chi connectivity index (χ4n) is 2.57. The van der Waals surface area contributed by atoms with Crippen molar-refractivity contribution >= 4 is 5.97 Å². The van der Waals surface area contributed by atoms with Crippen LogP contribution in [0.1, 0.15) is 58.3 Å². The topological polar surface area (TPSA) is 61.5 Å². The smallest absolute Gasteiger partial charge is 0.325 e. The highest BCUT2D eigenvalue weighted by atomic mass is 16.5. The number of unbranched alkanes of at least 4 members (excludes halogenated alkanes) is 3. The highest BCUT2D eigenvalue weighted by Gasteiger charge is 2.40. The van der Waals surface area contributed by atoms with Crippen molar-refractivity contribution in [3.8, 4) is 0 Å². The summed E-state index contributed by atoms with van der Waals surface area (Å²) >= 11 is 0. The van der Waals surface area contributed by atoms with Crippen LogP contribution in [0.3, 0.4) is 0 Å². The first-order chi connectivity index (χ1) is 8.62. The number of carbonyl (C=O) groups excluding carboxylic acids is 1. The normalized spacial score (nSPS) is 28.1. The van der Waals surface area contributed by atoms with Crippen LogP contribution in [-0.4, -0.2) is 31.3 Å². The zero-order chi connectivity index (χ0) is 13.4. The van der Waals surface area contributed by atoms with Gasteiger partial charge in [0.15, 0.2) is 0 Å². The molecule has 0 aliphatic heterocycles. The van der Waals surface area contributed by atoms with Crippen molar-refractivity contribution in [3.05, 3.63) is 0 Å². The Morgan fingerprint density at radius 2 is 2.17 bits per heavy atom. The van der Waals surface area contributed by atoms with E-state index in [0.29, 0.717) is 12.8 Å². The van der Waals surface area contributed by atoms with Gasteiger partial charge < -0.3 is 15.2 Å². The molecular weight excluding hydrogens is 230 g/mol. The number of rotatable bonds is 7. The Balaban J connectivity index is 2.28. The number of esters is 1. The van der Waals surface area contributed by atoms with Crippen LogP contribution in [0.4, 0.5) is 0 Å². The largest absolute Gasteiger partial charge is 0.468 e. The lowest BCUT2D eigenvalue weighted by Crippen LogP contribution is -2.53. The molecule has 18 heavy (non-hydrogen) atoms. The molecule has 0 aromatic carbocycles. The molecular formula is C14H27NO3. The van der Waals surface area contributed by atoms with E-state index in [1.807, 2.05) is 0 Å². The van der Waals surface area contributed by atoms with Gasteiger partial charge in [-0.25, -0.2) is 0 Å². The third-order valence-corrected chi connectivity index (χ3v) is 3.68. The summed E-state index contributed by atoms with van der Waals surface area (Å²) in [5, 5.41) is 0. The molecule has 0 saturated heterocycles. The SMILES string of the molecule is CCCCCCOC1CCCC(N)(C(=O)OC)C1. The molecule has 1 aliphatic rings. The third-order valence-electron chi connectivity index (χ3n) is 3.68. The maximum absolute atomic E-state index is 11.6. The van der Waals surface area contributed by atoms with Gasteiger partial charge in [0.25, 0.3) is 0 Å². The Morgan fingerprint density at radius 1 is 1.39 bits per heavy atom. The van der Waals surface area contributed by atoms with E-state index < -0.39 is 5.54 Å². The minimum Gasteiger partial charge on any atom is -0.468 e. The van der Waals surface area contributed by atoms with Crippen LogP contribution in [0.5, 0.6) is 0 Å². The van der Waals surface area contributed by atoms with Gasteiger partial charge in [-0.15, -0.1) is 0 Å². The number of ether oxygens (including phenoxy) is 2. The fourth-order valence-corrected chi connectivity index (χ4v) is 2.57. The summed E-state index contributed by atoms with van der Waals surface area (Å²) in [5.41, 5.74) is 5.27. The summed E-state index contributed by atoms with van der Waals surface area (Å²) in [6.45, 7) is 2.98. The first-order valence-corrected chi connectivity index (χ1v) is 7.11. The molecule has 0 amide bonds. The first kappa shape index (κ1) is 15.4. The van der Waals surface area contributed by atoms with Crippen LogP contribution in [-0.2, 0) is 14.3 Å². The molecule has 0 aromatic heterocycles. The van der Waals surface area contributed by atoms with Gasteiger partial charge in [0.2, 0.25) is 0 Å². The Labute approximate surface area is 110 Å². The van der Waals surface area contributed by atoms with Gasteiger partial charge in [0.05, 0.1) is 13.2 Å². The van der Waals surface area contributed by atoms with E-state index in [1.54, 1.807) is 0 Å². The highest BCUT2D eigenvalue weighted by Crippen LogP contribution is 2.29. The molecule has 4 nitrogen and oxygen atoms in total. The van der Waals surface area contributed by atoms with Crippen molar-refractivity contribution < 1.29 is 14.3 Å².